The third-order valence-electron chi connectivity index (χ3n) is 3.63. The molecule has 0 amide bonds. The summed E-state index contributed by atoms with van der Waals surface area (Å²) in [6.45, 7) is 3.24. The molecule has 1 aliphatic rings. The van der Waals surface area contributed by atoms with E-state index >= 15 is 0 Å². The Morgan fingerprint density at radius 3 is 2.89 bits per heavy atom. The molecule has 0 bridgehead atoms. The lowest BCUT2D eigenvalue weighted by molar-refractivity contribution is -0.384. The molecule has 0 radical (unpaired) electrons. The van der Waals surface area contributed by atoms with Crippen LogP contribution >= 0.6 is 0 Å². The summed E-state index contributed by atoms with van der Waals surface area (Å²) < 4.78 is 5.10. The van der Waals surface area contributed by atoms with E-state index in [0.29, 0.717) is 12.4 Å². The van der Waals surface area contributed by atoms with Crippen LogP contribution in [-0.4, -0.2) is 30.2 Å². The van der Waals surface area contributed by atoms with Crippen molar-refractivity contribution in [2.45, 2.75) is 26.2 Å². The second-order valence-electron chi connectivity index (χ2n) is 5.23. The Labute approximate surface area is 112 Å². The van der Waals surface area contributed by atoms with Crippen LogP contribution in [0.2, 0.25) is 0 Å². The normalized spacial score (nSPS) is 16.1. The van der Waals surface area contributed by atoms with Crippen LogP contribution in [-0.2, 0) is 4.74 Å². The van der Waals surface area contributed by atoms with Gasteiger partial charge in [0.15, 0.2) is 0 Å². The van der Waals surface area contributed by atoms with E-state index in [0.717, 1.165) is 31.4 Å². The van der Waals surface area contributed by atoms with Crippen LogP contribution in [0.5, 0.6) is 0 Å². The van der Waals surface area contributed by atoms with E-state index < -0.39 is 4.92 Å². The van der Waals surface area contributed by atoms with Crippen molar-refractivity contribution in [2.75, 3.05) is 25.6 Å². The van der Waals surface area contributed by atoms with Gasteiger partial charge in [-0.1, -0.05) is 0 Å². The summed E-state index contributed by atoms with van der Waals surface area (Å²) in [7, 11) is 1.69. The molecule has 0 aromatic carbocycles. The second-order valence-corrected chi connectivity index (χ2v) is 5.23. The lowest BCUT2D eigenvalue weighted by Crippen LogP contribution is -2.18. The summed E-state index contributed by atoms with van der Waals surface area (Å²) in [5.74, 6) is 0.360. The van der Waals surface area contributed by atoms with E-state index in [1.165, 1.54) is 0 Å². The van der Waals surface area contributed by atoms with Crippen LogP contribution in [0.15, 0.2) is 12.3 Å². The molecule has 1 saturated carbocycles. The van der Waals surface area contributed by atoms with Crippen LogP contribution in [0.25, 0.3) is 0 Å². The van der Waals surface area contributed by atoms with E-state index in [1.54, 1.807) is 26.3 Å². The molecule has 104 valence electrons. The number of anilines is 1. The van der Waals surface area contributed by atoms with Gasteiger partial charge in [0.25, 0.3) is 0 Å². The van der Waals surface area contributed by atoms with Crippen molar-refractivity contribution in [3.63, 3.8) is 0 Å². The lowest BCUT2D eigenvalue weighted by atomic mass is 10.0. The quantitative estimate of drug-likeness (QED) is 0.605. The zero-order valence-electron chi connectivity index (χ0n) is 11.3. The maximum atomic E-state index is 11.0. The van der Waals surface area contributed by atoms with Crippen molar-refractivity contribution in [1.82, 2.24) is 4.98 Å². The number of aromatic nitrogens is 1. The van der Waals surface area contributed by atoms with E-state index in [2.05, 4.69) is 10.3 Å². The highest BCUT2D eigenvalue weighted by Crippen LogP contribution is 2.48. The van der Waals surface area contributed by atoms with Crippen LogP contribution in [0, 0.1) is 22.5 Å². The summed E-state index contributed by atoms with van der Waals surface area (Å²) >= 11 is 0. The first kappa shape index (κ1) is 13.7. The molecule has 6 heteroatoms. The maximum Gasteiger partial charge on any atom is 0.311 e. The van der Waals surface area contributed by atoms with Crippen molar-refractivity contribution >= 4 is 11.5 Å². The highest BCUT2D eigenvalue weighted by molar-refractivity contribution is 5.56. The largest absolute Gasteiger partial charge is 0.385 e. The van der Waals surface area contributed by atoms with Gasteiger partial charge in [-0.15, -0.1) is 0 Å². The Hall–Kier alpha value is -1.69. The van der Waals surface area contributed by atoms with Gasteiger partial charge < -0.3 is 10.1 Å². The van der Waals surface area contributed by atoms with Crippen molar-refractivity contribution in [2.24, 2.45) is 5.41 Å². The van der Waals surface area contributed by atoms with E-state index in [1.807, 2.05) is 0 Å². The molecule has 19 heavy (non-hydrogen) atoms. The molecule has 0 unspecified atom stereocenters. The van der Waals surface area contributed by atoms with Crippen molar-refractivity contribution in [3.05, 3.63) is 27.9 Å². The molecule has 6 nitrogen and oxygen atoms in total. The standard InChI is InChI=1S/C13H19N3O3/c1-10-7-11(16(17)18)12(14-8-10)15-9-13(3-4-13)5-6-19-2/h7-8H,3-6,9H2,1-2H3,(H,14,15). The fourth-order valence-electron chi connectivity index (χ4n) is 2.11. The van der Waals surface area contributed by atoms with E-state index in [-0.39, 0.29) is 11.1 Å². The monoisotopic (exact) mass is 265 g/mol. The molecule has 1 heterocycles. The predicted octanol–water partition coefficient (Wildman–Crippen LogP) is 2.53. The van der Waals surface area contributed by atoms with E-state index in [9.17, 15) is 10.1 Å². The van der Waals surface area contributed by atoms with Gasteiger partial charge in [0.05, 0.1) is 4.92 Å². The number of nitro groups is 1. The average Bonchev–Trinajstić information content (AvgIpc) is 3.15. The van der Waals surface area contributed by atoms with Gasteiger partial charge in [-0.3, -0.25) is 10.1 Å². The SMILES string of the molecule is COCCC1(CNc2ncc(C)cc2[N+](=O)[O-])CC1. The molecular weight excluding hydrogens is 246 g/mol. The van der Waals surface area contributed by atoms with Gasteiger partial charge in [-0.05, 0) is 37.2 Å². The van der Waals surface area contributed by atoms with Gasteiger partial charge in [-0.25, -0.2) is 4.98 Å². The number of methoxy groups -OCH3 is 1. The molecule has 0 aliphatic heterocycles. The third kappa shape index (κ3) is 3.41. The minimum atomic E-state index is -0.392. The molecule has 1 aliphatic carbocycles. The van der Waals surface area contributed by atoms with Gasteiger partial charge in [0.2, 0.25) is 5.82 Å². The van der Waals surface area contributed by atoms with Crippen molar-refractivity contribution in [3.8, 4) is 0 Å². The number of pyridine rings is 1. The summed E-state index contributed by atoms with van der Waals surface area (Å²) in [4.78, 5) is 14.7. The van der Waals surface area contributed by atoms with Crippen molar-refractivity contribution in [1.29, 1.82) is 0 Å². The first-order valence-electron chi connectivity index (χ1n) is 6.40. The topological polar surface area (TPSA) is 77.3 Å². The van der Waals surface area contributed by atoms with Crippen LogP contribution < -0.4 is 5.32 Å². The van der Waals surface area contributed by atoms with Crippen LogP contribution in [0.3, 0.4) is 0 Å². The smallest absolute Gasteiger partial charge is 0.311 e. The Balaban J connectivity index is 2.01. The van der Waals surface area contributed by atoms with Gasteiger partial charge in [0, 0.05) is 32.5 Å². The molecule has 2 rings (SSSR count). The third-order valence-corrected chi connectivity index (χ3v) is 3.63. The maximum absolute atomic E-state index is 11.0. The number of hydrogen-bond acceptors (Lipinski definition) is 5. The van der Waals surface area contributed by atoms with E-state index in [4.69, 9.17) is 4.74 Å². The molecule has 0 atom stereocenters. The fourth-order valence-corrected chi connectivity index (χ4v) is 2.11. The first-order valence-corrected chi connectivity index (χ1v) is 6.40. The zero-order chi connectivity index (χ0) is 13.9. The van der Waals surface area contributed by atoms with Crippen molar-refractivity contribution < 1.29 is 9.66 Å². The highest BCUT2D eigenvalue weighted by Gasteiger charge is 2.42. The number of aryl methyl sites for hydroxylation is 1. The molecule has 1 N–H and O–H groups in total. The molecular formula is C13H19N3O3. The number of rotatable bonds is 7. The summed E-state index contributed by atoms with van der Waals surface area (Å²) in [6.07, 6.45) is 4.91. The average molecular weight is 265 g/mol. The highest BCUT2D eigenvalue weighted by atomic mass is 16.6. The second kappa shape index (κ2) is 5.52. The van der Waals surface area contributed by atoms with Gasteiger partial charge in [-0.2, -0.15) is 0 Å². The molecule has 1 aromatic heterocycles. The van der Waals surface area contributed by atoms with Gasteiger partial charge in [0.1, 0.15) is 0 Å². The summed E-state index contributed by atoms with van der Waals surface area (Å²) in [5, 5.41) is 14.1. The Morgan fingerprint density at radius 2 is 2.32 bits per heavy atom. The molecule has 0 saturated heterocycles. The summed E-state index contributed by atoms with van der Waals surface area (Å²) in [6, 6.07) is 1.55. The first-order chi connectivity index (χ1) is 9.06. The number of nitrogens with one attached hydrogen (secondary N) is 1. The Morgan fingerprint density at radius 1 is 1.58 bits per heavy atom. The molecule has 1 fully saturated rings. The minimum Gasteiger partial charge on any atom is -0.385 e. The Bertz CT molecular complexity index is 472. The number of hydrogen-bond donors (Lipinski definition) is 1. The van der Waals surface area contributed by atoms with Gasteiger partial charge >= 0.3 is 5.69 Å². The Kier molecular flexibility index (Phi) is 3.99. The molecule has 0 spiro atoms. The van der Waals surface area contributed by atoms with Crippen LogP contribution in [0.4, 0.5) is 11.5 Å². The minimum absolute atomic E-state index is 0.0440. The lowest BCUT2D eigenvalue weighted by Gasteiger charge is -2.15. The number of nitrogens with zero attached hydrogens (tertiary/aromatic N) is 2. The molecule has 1 aromatic rings. The predicted molar refractivity (Wildman–Crippen MR) is 72.3 cm³/mol. The zero-order valence-corrected chi connectivity index (χ0v) is 11.3. The number of ether oxygens (including phenoxy) is 1. The fraction of sp³-hybridized carbons (Fsp3) is 0.615. The summed E-state index contributed by atoms with van der Waals surface area (Å²) in [5.41, 5.74) is 1.07. The van der Waals surface area contributed by atoms with Crippen LogP contribution in [0.1, 0.15) is 24.8 Å².